The van der Waals surface area contributed by atoms with Gasteiger partial charge in [-0.15, -0.1) is 0 Å². The highest BCUT2D eigenvalue weighted by Gasteiger charge is 2.15. The summed E-state index contributed by atoms with van der Waals surface area (Å²) < 4.78 is 25.7. The second-order valence-corrected chi connectivity index (χ2v) is 4.45. The molecule has 0 saturated heterocycles. The van der Waals surface area contributed by atoms with Crippen molar-refractivity contribution in [3.63, 3.8) is 0 Å². The predicted octanol–water partition coefficient (Wildman–Crippen LogP) is 4.17. The van der Waals surface area contributed by atoms with Gasteiger partial charge in [0.25, 0.3) is 6.43 Å². The van der Waals surface area contributed by atoms with Crippen LogP contribution in [0, 0.1) is 0 Å². The van der Waals surface area contributed by atoms with Gasteiger partial charge in [0.05, 0.1) is 10.5 Å². The Morgan fingerprint density at radius 2 is 2.06 bits per heavy atom. The fraction of sp³-hybridized carbons (Fsp3) is 0.100. The molecule has 0 amide bonds. The van der Waals surface area contributed by atoms with E-state index in [-0.39, 0.29) is 16.9 Å². The molecule has 6 heteroatoms. The van der Waals surface area contributed by atoms with E-state index in [2.05, 4.69) is 20.9 Å². The van der Waals surface area contributed by atoms with Gasteiger partial charge in [0, 0.05) is 15.5 Å². The zero-order chi connectivity index (χ0) is 11.9. The number of nitrogens with zero attached hydrogens (tertiary/aromatic N) is 1. The van der Waals surface area contributed by atoms with Crippen molar-refractivity contribution in [2.45, 2.75) is 6.43 Å². The molecule has 0 unspecified atom stereocenters. The van der Waals surface area contributed by atoms with Crippen molar-refractivity contribution in [1.29, 1.82) is 0 Å². The number of hydrogen-bond acceptors (Lipinski definition) is 2. The van der Waals surface area contributed by atoms with Crippen LogP contribution in [-0.2, 0) is 0 Å². The summed E-state index contributed by atoms with van der Waals surface area (Å²) >= 11 is 9.17. The van der Waals surface area contributed by atoms with Gasteiger partial charge in [-0.1, -0.05) is 27.5 Å². The third kappa shape index (κ3) is 1.85. The van der Waals surface area contributed by atoms with Crippen LogP contribution in [0.1, 0.15) is 12.1 Å². The van der Waals surface area contributed by atoms with Crippen molar-refractivity contribution >= 4 is 44.1 Å². The van der Waals surface area contributed by atoms with E-state index in [1.54, 1.807) is 12.1 Å². The molecule has 2 N–H and O–H groups in total. The minimum absolute atomic E-state index is 0.231. The lowest BCUT2D eigenvalue weighted by Crippen LogP contribution is -1.97. The van der Waals surface area contributed by atoms with Gasteiger partial charge in [0.1, 0.15) is 5.69 Å². The maximum Gasteiger partial charge on any atom is 0.280 e. The van der Waals surface area contributed by atoms with Crippen LogP contribution in [0.5, 0.6) is 0 Å². The molecule has 0 radical (unpaired) electrons. The number of fused-ring (bicyclic) bond motifs is 1. The number of aromatic nitrogens is 1. The first-order chi connectivity index (χ1) is 7.50. The first-order valence-corrected chi connectivity index (χ1v) is 5.50. The number of pyridine rings is 1. The first kappa shape index (κ1) is 11.5. The fourth-order valence-corrected chi connectivity index (χ4v) is 2.18. The predicted molar refractivity (Wildman–Crippen MR) is 63.8 cm³/mol. The minimum atomic E-state index is -2.67. The Bertz CT molecular complexity index is 560. The van der Waals surface area contributed by atoms with Crippen molar-refractivity contribution in [2.75, 3.05) is 5.73 Å². The van der Waals surface area contributed by atoms with Crippen LogP contribution in [0.4, 0.5) is 14.5 Å². The highest BCUT2D eigenvalue weighted by atomic mass is 79.9. The summed E-state index contributed by atoms with van der Waals surface area (Å²) in [4.78, 5) is 3.80. The molecule has 0 aliphatic heterocycles. The number of benzene rings is 1. The first-order valence-electron chi connectivity index (χ1n) is 4.33. The van der Waals surface area contributed by atoms with E-state index in [1.807, 2.05) is 0 Å². The normalized spacial score (nSPS) is 11.3. The highest BCUT2D eigenvalue weighted by molar-refractivity contribution is 9.10. The molecule has 16 heavy (non-hydrogen) atoms. The number of halogens is 4. The lowest BCUT2D eigenvalue weighted by atomic mass is 10.1. The van der Waals surface area contributed by atoms with Gasteiger partial charge in [0.15, 0.2) is 0 Å². The number of nitrogen functional groups attached to an aromatic ring is 1. The average molecular weight is 308 g/mol. The molecule has 0 fully saturated rings. The van der Waals surface area contributed by atoms with E-state index >= 15 is 0 Å². The lowest BCUT2D eigenvalue weighted by Gasteiger charge is -2.08. The van der Waals surface area contributed by atoms with Gasteiger partial charge >= 0.3 is 0 Å². The van der Waals surface area contributed by atoms with E-state index in [0.29, 0.717) is 14.9 Å². The Hall–Kier alpha value is -0.940. The summed E-state index contributed by atoms with van der Waals surface area (Å²) in [5, 5.41) is 0.851. The van der Waals surface area contributed by atoms with Crippen molar-refractivity contribution in [3.05, 3.63) is 33.4 Å². The molecule has 0 spiro atoms. The fourth-order valence-electron chi connectivity index (χ4n) is 1.43. The molecule has 2 rings (SSSR count). The molecule has 0 atom stereocenters. The highest BCUT2D eigenvalue weighted by Crippen LogP contribution is 2.34. The van der Waals surface area contributed by atoms with Crippen LogP contribution >= 0.6 is 27.5 Å². The molecule has 0 saturated carbocycles. The van der Waals surface area contributed by atoms with Crippen molar-refractivity contribution in [2.24, 2.45) is 0 Å². The number of alkyl halides is 2. The summed E-state index contributed by atoms with van der Waals surface area (Å²) in [6.07, 6.45) is -2.67. The molecule has 0 aliphatic carbocycles. The summed E-state index contributed by atoms with van der Waals surface area (Å²) in [5.74, 6) is 0. The van der Waals surface area contributed by atoms with Gasteiger partial charge in [-0.25, -0.2) is 13.8 Å². The molecule has 1 aromatic heterocycles. The molecule has 1 aromatic carbocycles. The monoisotopic (exact) mass is 306 g/mol. The topological polar surface area (TPSA) is 38.9 Å². The van der Waals surface area contributed by atoms with Gasteiger partial charge in [-0.05, 0) is 18.2 Å². The van der Waals surface area contributed by atoms with Crippen LogP contribution in [0.15, 0.2) is 22.7 Å². The molecule has 84 valence electrons. The molecular weight excluding hydrogens is 301 g/mol. The lowest BCUT2D eigenvalue weighted by molar-refractivity contribution is 0.146. The largest absolute Gasteiger partial charge is 0.398 e. The smallest absolute Gasteiger partial charge is 0.280 e. The Morgan fingerprint density at radius 3 is 2.69 bits per heavy atom. The van der Waals surface area contributed by atoms with Crippen LogP contribution in [0.3, 0.4) is 0 Å². The summed E-state index contributed by atoms with van der Waals surface area (Å²) in [6, 6.07) is 4.44. The average Bonchev–Trinajstić information content (AvgIpc) is 2.22. The molecule has 2 nitrogen and oxygen atoms in total. The van der Waals surface area contributed by atoms with E-state index in [1.165, 1.54) is 0 Å². The maximum atomic E-state index is 12.5. The van der Waals surface area contributed by atoms with Crippen molar-refractivity contribution in [1.82, 2.24) is 4.98 Å². The number of anilines is 1. The quantitative estimate of drug-likeness (QED) is 0.858. The maximum absolute atomic E-state index is 12.5. The molecule has 1 heterocycles. The number of nitrogens with two attached hydrogens (primary N) is 1. The second-order valence-electron chi connectivity index (χ2n) is 3.19. The van der Waals surface area contributed by atoms with Gasteiger partial charge in [0.2, 0.25) is 0 Å². The van der Waals surface area contributed by atoms with Crippen molar-refractivity contribution in [3.8, 4) is 0 Å². The molecular formula is C10H6BrClF2N2. The second kappa shape index (κ2) is 4.14. The van der Waals surface area contributed by atoms with Gasteiger partial charge in [-0.2, -0.15) is 0 Å². The van der Waals surface area contributed by atoms with E-state index in [0.717, 1.165) is 6.07 Å². The molecule has 2 aromatic rings. The molecule has 0 bridgehead atoms. The number of rotatable bonds is 1. The Balaban J connectivity index is 2.86. The Labute approximate surface area is 104 Å². The summed E-state index contributed by atoms with van der Waals surface area (Å²) in [5.41, 5.74) is 5.85. The van der Waals surface area contributed by atoms with E-state index in [4.69, 9.17) is 17.3 Å². The number of hydrogen-bond donors (Lipinski definition) is 1. The summed E-state index contributed by atoms with van der Waals surface area (Å²) in [6.45, 7) is 0. The van der Waals surface area contributed by atoms with Crippen LogP contribution in [0.2, 0.25) is 5.02 Å². The summed E-state index contributed by atoms with van der Waals surface area (Å²) in [7, 11) is 0. The van der Waals surface area contributed by atoms with Gasteiger partial charge in [-0.3, -0.25) is 0 Å². The molecule has 0 aliphatic rings. The minimum Gasteiger partial charge on any atom is -0.398 e. The van der Waals surface area contributed by atoms with E-state index < -0.39 is 6.43 Å². The third-order valence-electron chi connectivity index (χ3n) is 2.13. The third-order valence-corrected chi connectivity index (χ3v) is 3.10. The Morgan fingerprint density at radius 1 is 1.38 bits per heavy atom. The van der Waals surface area contributed by atoms with Crippen LogP contribution < -0.4 is 5.73 Å². The van der Waals surface area contributed by atoms with Crippen LogP contribution in [0.25, 0.3) is 10.9 Å². The standard InChI is InChI=1S/C10H6BrClF2N2/c11-4-1-2-5(12)9-8(4)6(15)3-7(16-9)10(13)14/h1-3,10H,(H2,15,16). The SMILES string of the molecule is Nc1cc(C(F)F)nc2c(Cl)ccc(Br)c12. The van der Waals surface area contributed by atoms with E-state index in [9.17, 15) is 8.78 Å². The van der Waals surface area contributed by atoms with Crippen LogP contribution in [-0.4, -0.2) is 4.98 Å². The Kier molecular flexibility index (Phi) is 2.99. The zero-order valence-corrected chi connectivity index (χ0v) is 10.2. The van der Waals surface area contributed by atoms with Gasteiger partial charge < -0.3 is 5.73 Å². The zero-order valence-electron chi connectivity index (χ0n) is 7.85. The van der Waals surface area contributed by atoms with Crippen molar-refractivity contribution < 1.29 is 8.78 Å².